The molecule has 1 aromatic carbocycles. The number of rotatable bonds is 6. The molecule has 0 aliphatic carbocycles. The molecular formula is C25H28FN5O3. The summed E-state index contributed by atoms with van der Waals surface area (Å²) in [5.74, 6) is -0.599. The van der Waals surface area contributed by atoms with Crippen LogP contribution in [0.15, 0.2) is 36.7 Å². The maximum absolute atomic E-state index is 13.4. The van der Waals surface area contributed by atoms with Crippen molar-refractivity contribution in [1.29, 1.82) is 0 Å². The number of fused-ring (bicyclic) bond motifs is 3. The molecule has 4 heterocycles. The van der Waals surface area contributed by atoms with Crippen LogP contribution in [0.5, 0.6) is 0 Å². The first kappa shape index (κ1) is 22.5. The number of benzene rings is 1. The van der Waals surface area contributed by atoms with Gasteiger partial charge in [0.2, 0.25) is 5.91 Å². The number of carbonyl (C=O) groups excluding carboxylic acids is 2. The summed E-state index contributed by atoms with van der Waals surface area (Å²) < 4.78 is 15.5. The van der Waals surface area contributed by atoms with Gasteiger partial charge in [0, 0.05) is 38.3 Å². The van der Waals surface area contributed by atoms with E-state index in [0.717, 1.165) is 65.1 Å². The zero-order valence-corrected chi connectivity index (χ0v) is 19.2. The second-order valence-electron chi connectivity index (χ2n) is 9.13. The van der Waals surface area contributed by atoms with Crippen LogP contribution in [0.4, 0.5) is 4.39 Å². The van der Waals surface area contributed by atoms with Gasteiger partial charge < -0.3 is 9.47 Å². The lowest BCUT2D eigenvalue weighted by Gasteiger charge is -2.31. The maximum Gasteiger partial charge on any atom is 0.296 e. The molecule has 0 bridgehead atoms. The molecule has 0 saturated carbocycles. The number of aromatic nitrogens is 2. The van der Waals surface area contributed by atoms with Crippen LogP contribution in [0.2, 0.25) is 0 Å². The number of halogens is 1. The van der Waals surface area contributed by atoms with Crippen molar-refractivity contribution in [3.63, 3.8) is 0 Å². The fraction of sp³-hybridized carbons (Fsp3) is 0.400. The number of carbonyl (C=O) groups is 2. The van der Waals surface area contributed by atoms with Crippen LogP contribution >= 0.6 is 0 Å². The highest BCUT2D eigenvalue weighted by molar-refractivity contribution is 6.00. The van der Waals surface area contributed by atoms with Crippen LogP contribution in [-0.4, -0.2) is 81.2 Å². The zero-order valence-electron chi connectivity index (χ0n) is 19.2. The lowest BCUT2D eigenvalue weighted by atomic mass is 9.97. The molecule has 0 unspecified atom stereocenters. The summed E-state index contributed by atoms with van der Waals surface area (Å²) in [6.45, 7) is 3.68. The third-order valence-electron chi connectivity index (χ3n) is 6.84. The predicted octanol–water partition coefficient (Wildman–Crippen LogP) is 2.32. The molecule has 2 aliphatic heterocycles. The van der Waals surface area contributed by atoms with Gasteiger partial charge >= 0.3 is 0 Å². The number of nitrogens with zero attached hydrogens (tertiary/aromatic N) is 5. The number of hydroxylamine groups is 2. The Morgan fingerprint density at radius 3 is 2.68 bits per heavy atom. The van der Waals surface area contributed by atoms with Gasteiger partial charge in [-0.1, -0.05) is 12.1 Å². The largest absolute Gasteiger partial charge is 0.343 e. The molecule has 0 atom stereocenters. The summed E-state index contributed by atoms with van der Waals surface area (Å²) in [7, 11) is 1.83. The molecule has 2 aromatic heterocycles. The summed E-state index contributed by atoms with van der Waals surface area (Å²) in [5.41, 5.74) is 4.18. The fourth-order valence-corrected chi connectivity index (χ4v) is 4.91. The van der Waals surface area contributed by atoms with Crippen LogP contribution in [0.1, 0.15) is 33.6 Å². The first-order valence-electron chi connectivity index (χ1n) is 11.6. The number of hydrogen-bond acceptors (Lipinski definition) is 5. The maximum atomic E-state index is 13.4. The van der Waals surface area contributed by atoms with Gasteiger partial charge in [0.25, 0.3) is 5.91 Å². The van der Waals surface area contributed by atoms with Crippen molar-refractivity contribution in [1.82, 2.24) is 24.4 Å². The average Bonchev–Trinajstić information content (AvgIpc) is 3.17. The normalized spacial score (nSPS) is 17.0. The SMILES string of the molecule is CN1CCN(CCCc2cn(Cc3ccc(F)cc3)c3cnc4c(c23)CCN(O)C4=O)CC1=O. The van der Waals surface area contributed by atoms with Gasteiger partial charge in [0.15, 0.2) is 0 Å². The highest BCUT2D eigenvalue weighted by Crippen LogP contribution is 2.31. The van der Waals surface area contributed by atoms with Crippen LogP contribution in [0, 0.1) is 5.82 Å². The lowest BCUT2D eigenvalue weighted by molar-refractivity contribution is -0.134. The fourth-order valence-electron chi connectivity index (χ4n) is 4.91. The van der Waals surface area contributed by atoms with E-state index in [-0.39, 0.29) is 18.3 Å². The van der Waals surface area contributed by atoms with Crippen LogP contribution in [0.25, 0.3) is 10.9 Å². The molecule has 1 fully saturated rings. The van der Waals surface area contributed by atoms with Gasteiger partial charge in [-0.15, -0.1) is 0 Å². The summed E-state index contributed by atoms with van der Waals surface area (Å²) in [5, 5.41) is 11.6. The Bertz CT molecular complexity index is 1240. The molecule has 178 valence electrons. The molecule has 1 saturated heterocycles. The Balaban J connectivity index is 1.44. The van der Waals surface area contributed by atoms with Gasteiger partial charge in [-0.05, 0) is 54.6 Å². The van der Waals surface area contributed by atoms with E-state index in [9.17, 15) is 19.2 Å². The van der Waals surface area contributed by atoms with E-state index in [4.69, 9.17) is 0 Å². The quantitative estimate of drug-likeness (QED) is 0.565. The molecule has 1 N–H and O–H groups in total. The Hall–Kier alpha value is -3.30. The van der Waals surface area contributed by atoms with Gasteiger partial charge in [-0.2, -0.15) is 0 Å². The number of amides is 2. The lowest BCUT2D eigenvalue weighted by Crippen LogP contribution is -2.48. The monoisotopic (exact) mass is 465 g/mol. The molecule has 9 heteroatoms. The second-order valence-corrected chi connectivity index (χ2v) is 9.13. The molecule has 0 radical (unpaired) electrons. The number of hydrogen-bond donors (Lipinski definition) is 1. The third kappa shape index (κ3) is 4.28. The van der Waals surface area contributed by atoms with Crippen molar-refractivity contribution >= 4 is 22.7 Å². The number of pyridine rings is 1. The van der Waals surface area contributed by atoms with E-state index in [0.29, 0.717) is 25.2 Å². The topological polar surface area (TPSA) is 81.9 Å². The van der Waals surface area contributed by atoms with Gasteiger partial charge in [0.05, 0.1) is 24.8 Å². The molecule has 2 aliphatic rings. The average molecular weight is 466 g/mol. The predicted molar refractivity (Wildman–Crippen MR) is 124 cm³/mol. The van der Waals surface area contributed by atoms with Crippen LogP contribution < -0.4 is 0 Å². The van der Waals surface area contributed by atoms with Crippen LogP contribution in [-0.2, 0) is 24.2 Å². The van der Waals surface area contributed by atoms with Gasteiger partial charge in [-0.25, -0.2) is 14.4 Å². The minimum Gasteiger partial charge on any atom is -0.343 e. The second kappa shape index (κ2) is 9.15. The van der Waals surface area contributed by atoms with Crippen molar-refractivity contribution < 1.29 is 19.2 Å². The van der Waals surface area contributed by atoms with Gasteiger partial charge in [0.1, 0.15) is 11.5 Å². The molecule has 0 spiro atoms. The van der Waals surface area contributed by atoms with E-state index in [1.54, 1.807) is 23.2 Å². The van der Waals surface area contributed by atoms with E-state index >= 15 is 0 Å². The summed E-state index contributed by atoms with van der Waals surface area (Å²) in [6.07, 6.45) is 5.99. The Labute approximate surface area is 197 Å². The molecule has 3 aromatic rings. The minimum absolute atomic E-state index is 0.148. The highest BCUT2D eigenvalue weighted by Gasteiger charge is 2.28. The summed E-state index contributed by atoms with van der Waals surface area (Å²) in [6, 6.07) is 6.44. The first-order chi connectivity index (χ1) is 16.4. The van der Waals surface area contributed by atoms with Crippen LogP contribution in [0.3, 0.4) is 0 Å². The highest BCUT2D eigenvalue weighted by atomic mass is 19.1. The Morgan fingerprint density at radius 1 is 1.12 bits per heavy atom. The minimum atomic E-state index is -0.476. The van der Waals surface area contributed by atoms with Gasteiger partial charge in [-0.3, -0.25) is 19.7 Å². The standard InChI is InChI=1S/C25H28FN5O3/c1-28-11-12-29(16-22(28)32)9-2-3-18-15-30(14-17-4-6-19(26)7-5-17)21-13-27-24-20(23(18)21)8-10-31(34)25(24)33/h4-7,13,15,34H,2-3,8-12,14,16H2,1H3. The molecule has 34 heavy (non-hydrogen) atoms. The number of likely N-dealkylation sites (N-methyl/N-ethyl adjacent to an activating group) is 1. The van der Waals surface area contributed by atoms with Crippen molar-refractivity contribution in [3.05, 3.63) is 64.9 Å². The molecule has 5 rings (SSSR count). The van der Waals surface area contributed by atoms with Crippen molar-refractivity contribution in [2.75, 3.05) is 39.8 Å². The summed E-state index contributed by atoms with van der Waals surface area (Å²) >= 11 is 0. The first-order valence-corrected chi connectivity index (χ1v) is 11.6. The number of piperazine rings is 1. The Morgan fingerprint density at radius 2 is 1.91 bits per heavy atom. The van der Waals surface area contributed by atoms with E-state index < -0.39 is 5.91 Å². The van der Waals surface area contributed by atoms with E-state index in [1.165, 1.54) is 12.1 Å². The molecule has 8 nitrogen and oxygen atoms in total. The molecule has 2 amide bonds. The summed E-state index contributed by atoms with van der Waals surface area (Å²) in [4.78, 5) is 32.9. The van der Waals surface area contributed by atoms with Crippen molar-refractivity contribution in [3.8, 4) is 0 Å². The Kier molecular flexibility index (Phi) is 6.05. The van der Waals surface area contributed by atoms with Crippen molar-refractivity contribution in [2.45, 2.75) is 25.8 Å². The van der Waals surface area contributed by atoms with E-state index in [1.807, 2.05) is 7.05 Å². The van der Waals surface area contributed by atoms with Crippen molar-refractivity contribution in [2.24, 2.45) is 0 Å². The smallest absolute Gasteiger partial charge is 0.296 e. The molecular weight excluding hydrogens is 437 g/mol. The third-order valence-corrected chi connectivity index (χ3v) is 6.84. The van der Waals surface area contributed by atoms with E-state index in [2.05, 4.69) is 20.6 Å². The number of aryl methyl sites for hydroxylation is 1. The zero-order chi connectivity index (χ0) is 23.8.